The molecule has 0 aliphatic heterocycles. The Labute approximate surface area is 69.2 Å². The van der Waals surface area contributed by atoms with Crippen molar-refractivity contribution in [2.45, 2.75) is 52.2 Å². The fourth-order valence-corrected chi connectivity index (χ4v) is 1.19. The molecule has 3 atom stereocenters. The van der Waals surface area contributed by atoms with Gasteiger partial charge in [0.15, 0.2) is 0 Å². The lowest BCUT2D eigenvalue weighted by atomic mass is 9.94. The highest BCUT2D eigenvalue weighted by atomic mass is 16.3. The predicted octanol–water partition coefficient (Wildman–Crippen LogP) is 1.55. The van der Waals surface area contributed by atoms with Gasteiger partial charge in [0.2, 0.25) is 0 Å². The van der Waals surface area contributed by atoms with E-state index in [-0.39, 0.29) is 18.1 Å². The van der Waals surface area contributed by atoms with Crippen LogP contribution in [0.2, 0.25) is 0 Å². The van der Waals surface area contributed by atoms with Gasteiger partial charge in [-0.3, -0.25) is 0 Å². The molecule has 0 radical (unpaired) electrons. The molecule has 2 heteroatoms. The molecule has 68 valence electrons. The van der Waals surface area contributed by atoms with Crippen LogP contribution < -0.4 is 0 Å². The maximum atomic E-state index is 9.46. The van der Waals surface area contributed by atoms with E-state index in [2.05, 4.69) is 0 Å². The van der Waals surface area contributed by atoms with Gasteiger partial charge in [0.1, 0.15) is 0 Å². The Kier molecular flexibility index (Phi) is 5.51. The highest BCUT2D eigenvalue weighted by molar-refractivity contribution is 4.70. The number of hydrogen-bond donors (Lipinski definition) is 2. The molecule has 2 N–H and O–H groups in total. The molecule has 0 heterocycles. The van der Waals surface area contributed by atoms with Crippen LogP contribution in [0.1, 0.15) is 40.0 Å². The van der Waals surface area contributed by atoms with Crippen LogP contribution in [0.3, 0.4) is 0 Å². The van der Waals surface area contributed by atoms with Crippen LogP contribution in [0, 0.1) is 5.92 Å². The van der Waals surface area contributed by atoms with E-state index in [1.165, 1.54) is 0 Å². The fourth-order valence-electron chi connectivity index (χ4n) is 1.19. The second-order valence-electron chi connectivity index (χ2n) is 3.19. The SMILES string of the molecule is CCCC(O)C(C)C(O)CC. The van der Waals surface area contributed by atoms with Gasteiger partial charge in [-0.15, -0.1) is 0 Å². The number of rotatable bonds is 5. The normalized spacial score (nSPS) is 19.4. The third-order valence-electron chi connectivity index (χ3n) is 2.22. The van der Waals surface area contributed by atoms with E-state index in [9.17, 15) is 10.2 Å². The molecule has 0 spiro atoms. The van der Waals surface area contributed by atoms with Crippen LogP contribution >= 0.6 is 0 Å². The van der Waals surface area contributed by atoms with Crippen LogP contribution in [-0.4, -0.2) is 22.4 Å². The maximum Gasteiger partial charge on any atom is 0.0590 e. The highest BCUT2D eigenvalue weighted by Crippen LogP contribution is 2.15. The smallest absolute Gasteiger partial charge is 0.0590 e. The predicted molar refractivity (Wildman–Crippen MR) is 46.4 cm³/mol. The van der Waals surface area contributed by atoms with Crippen molar-refractivity contribution in [3.63, 3.8) is 0 Å². The topological polar surface area (TPSA) is 40.5 Å². The van der Waals surface area contributed by atoms with Gasteiger partial charge in [-0.1, -0.05) is 27.2 Å². The van der Waals surface area contributed by atoms with Gasteiger partial charge >= 0.3 is 0 Å². The lowest BCUT2D eigenvalue weighted by Crippen LogP contribution is -2.28. The minimum absolute atomic E-state index is 0.0138. The summed E-state index contributed by atoms with van der Waals surface area (Å²) in [6.07, 6.45) is 1.80. The molecule has 0 saturated heterocycles. The van der Waals surface area contributed by atoms with E-state index < -0.39 is 0 Å². The van der Waals surface area contributed by atoms with Crippen molar-refractivity contribution in [2.75, 3.05) is 0 Å². The zero-order valence-electron chi connectivity index (χ0n) is 7.75. The van der Waals surface area contributed by atoms with Crippen LogP contribution in [0.4, 0.5) is 0 Å². The van der Waals surface area contributed by atoms with Gasteiger partial charge in [-0.25, -0.2) is 0 Å². The van der Waals surface area contributed by atoms with Gasteiger partial charge in [-0.2, -0.15) is 0 Å². The molecule has 3 unspecified atom stereocenters. The summed E-state index contributed by atoms with van der Waals surface area (Å²) < 4.78 is 0. The third kappa shape index (κ3) is 3.73. The Morgan fingerprint density at radius 1 is 1.09 bits per heavy atom. The van der Waals surface area contributed by atoms with Crippen LogP contribution in [0.15, 0.2) is 0 Å². The van der Waals surface area contributed by atoms with Crippen LogP contribution in [0.5, 0.6) is 0 Å². The molecule has 0 aromatic carbocycles. The molecular formula is C9H20O2. The van der Waals surface area contributed by atoms with Gasteiger partial charge in [-0.05, 0) is 12.8 Å². The molecule has 11 heavy (non-hydrogen) atoms. The molecule has 2 nitrogen and oxygen atoms in total. The average molecular weight is 160 g/mol. The van der Waals surface area contributed by atoms with Crippen molar-refractivity contribution in [3.05, 3.63) is 0 Å². The van der Waals surface area contributed by atoms with E-state index in [0.717, 1.165) is 19.3 Å². The summed E-state index contributed by atoms with van der Waals surface area (Å²) in [6.45, 7) is 5.86. The van der Waals surface area contributed by atoms with E-state index >= 15 is 0 Å². The molecule has 0 bridgehead atoms. The van der Waals surface area contributed by atoms with Gasteiger partial charge in [0, 0.05) is 5.92 Å². The van der Waals surface area contributed by atoms with E-state index in [1.54, 1.807) is 0 Å². The van der Waals surface area contributed by atoms with Gasteiger partial charge in [0.25, 0.3) is 0 Å². The first-order valence-electron chi connectivity index (χ1n) is 4.49. The van der Waals surface area contributed by atoms with Gasteiger partial charge in [0.05, 0.1) is 12.2 Å². The Balaban J connectivity index is 3.70. The first-order valence-corrected chi connectivity index (χ1v) is 4.49. The number of aliphatic hydroxyl groups excluding tert-OH is 2. The minimum Gasteiger partial charge on any atom is -0.393 e. The number of hydrogen-bond acceptors (Lipinski definition) is 2. The summed E-state index contributed by atoms with van der Waals surface area (Å²) in [7, 11) is 0. The van der Waals surface area contributed by atoms with Crippen molar-refractivity contribution >= 4 is 0 Å². The summed E-state index contributed by atoms with van der Waals surface area (Å²) in [6, 6.07) is 0. The lowest BCUT2D eigenvalue weighted by molar-refractivity contribution is 0.0159. The number of aliphatic hydroxyl groups is 2. The van der Waals surface area contributed by atoms with E-state index in [0.29, 0.717) is 0 Å². The Hall–Kier alpha value is -0.0800. The molecule has 0 aliphatic carbocycles. The standard InChI is InChI=1S/C9H20O2/c1-4-6-9(11)7(3)8(10)5-2/h7-11H,4-6H2,1-3H3. The van der Waals surface area contributed by atoms with Crippen molar-refractivity contribution in [1.29, 1.82) is 0 Å². The minimum atomic E-state index is -0.350. The Morgan fingerprint density at radius 3 is 2.00 bits per heavy atom. The van der Waals surface area contributed by atoms with Crippen LogP contribution in [-0.2, 0) is 0 Å². The molecule has 0 rings (SSSR count). The molecule has 0 aromatic heterocycles. The zero-order valence-corrected chi connectivity index (χ0v) is 7.75. The summed E-state index contributed by atoms with van der Waals surface area (Å²) in [5.41, 5.74) is 0. The summed E-state index contributed by atoms with van der Waals surface area (Å²) in [5.74, 6) is 0.0138. The van der Waals surface area contributed by atoms with E-state index in [4.69, 9.17) is 0 Å². The van der Waals surface area contributed by atoms with Crippen molar-refractivity contribution in [2.24, 2.45) is 5.92 Å². The largest absolute Gasteiger partial charge is 0.393 e. The fraction of sp³-hybridized carbons (Fsp3) is 1.00. The van der Waals surface area contributed by atoms with Crippen molar-refractivity contribution in [1.82, 2.24) is 0 Å². The average Bonchev–Trinajstić information content (AvgIpc) is 2.02. The molecule has 0 aliphatic rings. The Bertz CT molecular complexity index is 93.6. The Morgan fingerprint density at radius 2 is 1.64 bits per heavy atom. The lowest BCUT2D eigenvalue weighted by Gasteiger charge is -2.22. The maximum absolute atomic E-state index is 9.46. The molecule has 0 saturated carbocycles. The van der Waals surface area contributed by atoms with Gasteiger partial charge < -0.3 is 10.2 Å². The first-order chi connectivity index (χ1) is 5.13. The zero-order chi connectivity index (χ0) is 8.85. The van der Waals surface area contributed by atoms with Crippen molar-refractivity contribution < 1.29 is 10.2 Å². The van der Waals surface area contributed by atoms with Crippen LogP contribution in [0.25, 0.3) is 0 Å². The third-order valence-corrected chi connectivity index (χ3v) is 2.22. The quantitative estimate of drug-likeness (QED) is 0.640. The van der Waals surface area contributed by atoms with E-state index in [1.807, 2.05) is 20.8 Å². The molecule has 0 fully saturated rings. The molecule has 0 amide bonds. The second-order valence-corrected chi connectivity index (χ2v) is 3.19. The first kappa shape index (κ1) is 10.9. The highest BCUT2D eigenvalue weighted by Gasteiger charge is 2.19. The van der Waals surface area contributed by atoms with Crippen molar-refractivity contribution in [3.8, 4) is 0 Å². The molecule has 0 aromatic rings. The summed E-state index contributed by atoms with van der Waals surface area (Å²) in [5, 5.41) is 18.8. The monoisotopic (exact) mass is 160 g/mol. The summed E-state index contributed by atoms with van der Waals surface area (Å²) >= 11 is 0. The second kappa shape index (κ2) is 5.56. The summed E-state index contributed by atoms with van der Waals surface area (Å²) in [4.78, 5) is 0. The molecular weight excluding hydrogens is 140 g/mol.